The van der Waals surface area contributed by atoms with E-state index in [1.807, 2.05) is 48.5 Å². The second-order valence-electron chi connectivity index (χ2n) is 6.18. The van der Waals surface area contributed by atoms with Crippen LogP contribution in [0.1, 0.15) is 5.56 Å². The molecule has 0 aliphatic heterocycles. The van der Waals surface area contributed by atoms with E-state index in [0.717, 1.165) is 11.3 Å². The molecule has 0 spiro atoms. The Morgan fingerprint density at radius 3 is 2.43 bits per heavy atom. The summed E-state index contributed by atoms with van der Waals surface area (Å²) in [7, 11) is 1.51. The molecule has 30 heavy (non-hydrogen) atoms. The highest BCUT2D eigenvalue weighted by atomic mass is 16.5. The van der Waals surface area contributed by atoms with Gasteiger partial charge in [0.25, 0.3) is 5.91 Å². The highest BCUT2D eigenvalue weighted by Crippen LogP contribution is 2.23. The molecule has 0 bridgehead atoms. The van der Waals surface area contributed by atoms with Crippen LogP contribution in [0, 0.1) is 0 Å². The number of rotatable bonds is 8. The first-order valence-corrected chi connectivity index (χ1v) is 9.25. The zero-order valence-electron chi connectivity index (χ0n) is 16.4. The first-order chi connectivity index (χ1) is 14.6. The minimum atomic E-state index is -0.625. The van der Waals surface area contributed by atoms with Crippen LogP contribution in [0.3, 0.4) is 0 Å². The number of carbonyl (C=O) groups excluding carboxylic acids is 2. The van der Waals surface area contributed by atoms with E-state index >= 15 is 0 Å². The molecule has 6 nitrogen and oxygen atoms in total. The fraction of sp³-hybridized carbons (Fsp3) is 0.0833. The lowest BCUT2D eigenvalue weighted by Gasteiger charge is -2.09. The van der Waals surface area contributed by atoms with Gasteiger partial charge in [-0.15, -0.1) is 0 Å². The number of para-hydroxylation sites is 3. The van der Waals surface area contributed by atoms with Gasteiger partial charge in [-0.1, -0.05) is 42.5 Å². The standard InChI is InChI=1S/C24H21NO5/c1-28-22-13-6-5-12-21(22)25-23(26)17-29-24(27)15-14-18-8-7-11-20(16-18)30-19-9-3-2-4-10-19/h2-16H,17H2,1H3,(H,25,26)/b15-14+. The summed E-state index contributed by atoms with van der Waals surface area (Å²) in [5, 5.41) is 2.64. The minimum Gasteiger partial charge on any atom is -0.495 e. The smallest absolute Gasteiger partial charge is 0.331 e. The van der Waals surface area contributed by atoms with Gasteiger partial charge in [0.05, 0.1) is 12.8 Å². The van der Waals surface area contributed by atoms with Crippen LogP contribution in [0.5, 0.6) is 17.2 Å². The Hall–Kier alpha value is -4.06. The lowest BCUT2D eigenvalue weighted by molar-refractivity contribution is -0.142. The predicted molar refractivity (Wildman–Crippen MR) is 115 cm³/mol. The number of ether oxygens (including phenoxy) is 3. The van der Waals surface area contributed by atoms with Crippen molar-refractivity contribution >= 4 is 23.6 Å². The minimum absolute atomic E-state index is 0.404. The Kier molecular flexibility index (Phi) is 7.22. The van der Waals surface area contributed by atoms with E-state index in [1.165, 1.54) is 13.2 Å². The van der Waals surface area contributed by atoms with Crippen LogP contribution in [0.4, 0.5) is 5.69 Å². The fourth-order valence-electron chi connectivity index (χ4n) is 2.59. The Balaban J connectivity index is 1.51. The molecule has 0 aliphatic rings. The summed E-state index contributed by atoms with van der Waals surface area (Å²) >= 11 is 0. The van der Waals surface area contributed by atoms with Crippen LogP contribution in [0.2, 0.25) is 0 Å². The van der Waals surface area contributed by atoms with Crippen molar-refractivity contribution in [3.8, 4) is 17.2 Å². The molecule has 3 rings (SSSR count). The van der Waals surface area contributed by atoms with Crippen molar-refractivity contribution in [2.45, 2.75) is 0 Å². The van der Waals surface area contributed by atoms with Gasteiger partial charge in [0.2, 0.25) is 0 Å². The Morgan fingerprint density at radius 2 is 1.63 bits per heavy atom. The van der Waals surface area contributed by atoms with E-state index < -0.39 is 18.5 Å². The molecule has 0 saturated heterocycles. The van der Waals surface area contributed by atoms with E-state index in [-0.39, 0.29) is 0 Å². The summed E-state index contributed by atoms with van der Waals surface area (Å²) in [5.41, 5.74) is 1.27. The largest absolute Gasteiger partial charge is 0.495 e. The topological polar surface area (TPSA) is 73.9 Å². The highest BCUT2D eigenvalue weighted by molar-refractivity contribution is 5.95. The molecule has 0 unspecified atom stereocenters. The molecular formula is C24H21NO5. The van der Waals surface area contributed by atoms with Crippen LogP contribution >= 0.6 is 0 Å². The van der Waals surface area contributed by atoms with Gasteiger partial charge in [-0.2, -0.15) is 0 Å². The summed E-state index contributed by atoms with van der Waals surface area (Å²) < 4.78 is 15.9. The Bertz CT molecular complexity index is 1030. The number of benzene rings is 3. The van der Waals surface area contributed by atoms with Gasteiger partial charge >= 0.3 is 5.97 Å². The zero-order valence-corrected chi connectivity index (χ0v) is 16.4. The van der Waals surface area contributed by atoms with Gasteiger partial charge < -0.3 is 19.5 Å². The maximum absolute atomic E-state index is 12.0. The van der Waals surface area contributed by atoms with Crippen molar-refractivity contribution in [1.82, 2.24) is 0 Å². The van der Waals surface area contributed by atoms with Gasteiger partial charge in [0.15, 0.2) is 6.61 Å². The number of carbonyl (C=O) groups is 2. The Morgan fingerprint density at radius 1 is 0.900 bits per heavy atom. The molecular weight excluding hydrogens is 382 g/mol. The van der Waals surface area contributed by atoms with Crippen LogP contribution in [0.15, 0.2) is 84.9 Å². The van der Waals surface area contributed by atoms with E-state index in [0.29, 0.717) is 17.2 Å². The van der Waals surface area contributed by atoms with Crippen LogP contribution < -0.4 is 14.8 Å². The average molecular weight is 403 g/mol. The molecule has 0 radical (unpaired) electrons. The molecule has 3 aromatic rings. The number of hydrogen-bond acceptors (Lipinski definition) is 5. The second-order valence-corrected chi connectivity index (χ2v) is 6.18. The van der Waals surface area contributed by atoms with Crippen LogP contribution in [-0.4, -0.2) is 25.6 Å². The summed E-state index contributed by atoms with van der Waals surface area (Å²) in [6, 6.07) is 23.7. The quantitative estimate of drug-likeness (QED) is 0.437. The first kappa shape index (κ1) is 20.7. The molecule has 0 heterocycles. The highest BCUT2D eigenvalue weighted by Gasteiger charge is 2.09. The van der Waals surface area contributed by atoms with Crippen LogP contribution in [-0.2, 0) is 14.3 Å². The number of methoxy groups -OCH3 is 1. The lowest BCUT2D eigenvalue weighted by atomic mass is 10.2. The maximum Gasteiger partial charge on any atom is 0.331 e. The second kappa shape index (κ2) is 10.5. The normalized spacial score (nSPS) is 10.4. The number of anilines is 1. The van der Waals surface area contributed by atoms with Crippen molar-refractivity contribution in [2.75, 3.05) is 19.0 Å². The van der Waals surface area contributed by atoms with Crippen LogP contribution in [0.25, 0.3) is 6.08 Å². The molecule has 1 amide bonds. The van der Waals surface area contributed by atoms with Gasteiger partial charge in [0, 0.05) is 6.08 Å². The average Bonchev–Trinajstić information content (AvgIpc) is 2.77. The number of hydrogen-bond donors (Lipinski definition) is 1. The maximum atomic E-state index is 12.0. The summed E-state index contributed by atoms with van der Waals surface area (Å²) in [6.45, 7) is -0.404. The van der Waals surface area contributed by atoms with E-state index in [9.17, 15) is 9.59 Å². The molecule has 0 aliphatic carbocycles. The predicted octanol–water partition coefficient (Wildman–Crippen LogP) is 4.68. The fourth-order valence-corrected chi connectivity index (χ4v) is 2.59. The molecule has 0 atom stereocenters. The summed E-state index contributed by atoms with van der Waals surface area (Å²) in [4.78, 5) is 23.9. The van der Waals surface area contributed by atoms with Gasteiger partial charge in [-0.05, 0) is 48.0 Å². The molecule has 3 aromatic carbocycles. The molecule has 0 saturated carbocycles. The monoisotopic (exact) mass is 403 g/mol. The number of amides is 1. The molecule has 0 aromatic heterocycles. The third-order valence-corrected chi connectivity index (χ3v) is 3.98. The van der Waals surface area contributed by atoms with Crippen molar-refractivity contribution in [2.24, 2.45) is 0 Å². The Labute approximate surface area is 174 Å². The zero-order chi connectivity index (χ0) is 21.2. The van der Waals surface area contributed by atoms with E-state index in [1.54, 1.807) is 36.4 Å². The van der Waals surface area contributed by atoms with Gasteiger partial charge in [-0.3, -0.25) is 4.79 Å². The molecule has 1 N–H and O–H groups in total. The van der Waals surface area contributed by atoms with Gasteiger partial charge in [0.1, 0.15) is 17.2 Å². The van der Waals surface area contributed by atoms with Crippen molar-refractivity contribution in [3.63, 3.8) is 0 Å². The van der Waals surface area contributed by atoms with Crippen molar-refractivity contribution in [3.05, 3.63) is 90.5 Å². The summed E-state index contributed by atoms with van der Waals surface area (Å²) in [6.07, 6.45) is 2.86. The third kappa shape index (κ3) is 6.24. The SMILES string of the molecule is COc1ccccc1NC(=O)COC(=O)/C=C/c1cccc(Oc2ccccc2)c1. The van der Waals surface area contributed by atoms with Gasteiger partial charge in [-0.25, -0.2) is 4.79 Å². The third-order valence-electron chi connectivity index (χ3n) is 3.98. The lowest BCUT2D eigenvalue weighted by Crippen LogP contribution is -2.20. The van der Waals surface area contributed by atoms with Crippen molar-refractivity contribution in [1.29, 1.82) is 0 Å². The molecule has 152 valence electrons. The molecule has 6 heteroatoms. The van der Waals surface area contributed by atoms with E-state index in [4.69, 9.17) is 14.2 Å². The van der Waals surface area contributed by atoms with E-state index in [2.05, 4.69) is 5.32 Å². The first-order valence-electron chi connectivity index (χ1n) is 9.25. The number of esters is 1. The molecule has 0 fully saturated rings. The number of nitrogens with one attached hydrogen (secondary N) is 1. The van der Waals surface area contributed by atoms with Crippen molar-refractivity contribution < 1.29 is 23.8 Å². The summed E-state index contributed by atoms with van der Waals surface area (Å²) in [5.74, 6) is 0.806.